The van der Waals surface area contributed by atoms with Crippen LogP contribution in [0.25, 0.3) is 5.82 Å². The number of hydrogen-bond donors (Lipinski definition) is 2. The lowest BCUT2D eigenvalue weighted by molar-refractivity contribution is 0.311. The Morgan fingerprint density at radius 3 is 2.52 bits per heavy atom. The number of aromatic nitrogens is 3. The predicted octanol–water partition coefficient (Wildman–Crippen LogP) is 4.10. The number of hydrogen-bond acceptors (Lipinski definition) is 5. The van der Waals surface area contributed by atoms with E-state index in [0.717, 1.165) is 28.5 Å². The van der Waals surface area contributed by atoms with Crippen LogP contribution in [0.5, 0.6) is 11.5 Å². The van der Waals surface area contributed by atoms with Crippen molar-refractivity contribution in [2.45, 2.75) is 27.3 Å². The van der Waals surface area contributed by atoms with Crippen LogP contribution in [0.1, 0.15) is 23.9 Å². The highest BCUT2D eigenvalue weighted by atomic mass is 127. The van der Waals surface area contributed by atoms with Gasteiger partial charge in [-0.2, -0.15) is 5.10 Å². The van der Waals surface area contributed by atoms with Crippen molar-refractivity contribution < 1.29 is 9.47 Å². The van der Waals surface area contributed by atoms with Gasteiger partial charge in [0, 0.05) is 37.2 Å². The minimum Gasteiger partial charge on any atom is -0.493 e. The molecule has 0 saturated heterocycles. The van der Waals surface area contributed by atoms with Gasteiger partial charge in [0.1, 0.15) is 0 Å². The Morgan fingerprint density at radius 2 is 1.94 bits per heavy atom. The van der Waals surface area contributed by atoms with Gasteiger partial charge in [-0.25, -0.2) is 9.67 Å². The van der Waals surface area contributed by atoms with Crippen molar-refractivity contribution in [1.29, 1.82) is 0 Å². The number of pyridine rings is 1. The van der Waals surface area contributed by atoms with Crippen LogP contribution in [0.3, 0.4) is 0 Å². The molecule has 31 heavy (non-hydrogen) atoms. The second-order valence-corrected chi connectivity index (χ2v) is 6.71. The Hall–Kier alpha value is -2.82. The van der Waals surface area contributed by atoms with E-state index in [-0.39, 0.29) is 24.0 Å². The van der Waals surface area contributed by atoms with Gasteiger partial charge in [0.05, 0.1) is 19.4 Å². The molecular weight excluding hydrogens is 507 g/mol. The fraction of sp³-hybridized carbons (Fsp3) is 0.318. The summed E-state index contributed by atoms with van der Waals surface area (Å²) in [5, 5.41) is 11.0. The summed E-state index contributed by atoms with van der Waals surface area (Å²) in [5.41, 5.74) is 3.92. The van der Waals surface area contributed by atoms with Crippen molar-refractivity contribution in [3.05, 3.63) is 59.5 Å². The molecule has 0 aliphatic carbocycles. The number of methoxy groups -OCH3 is 1. The highest BCUT2D eigenvalue weighted by Crippen LogP contribution is 2.30. The Labute approximate surface area is 200 Å². The smallest absolute Gasteiger partial charge is 0.195 e. The fourth-order valence-corrected chi connectivity index (χ4v) is 3.03. The maximum Gasteiger partial charge on any atom is 0.195 e. The minimum absolute atomic E-state index is 0. The molecule has 0 saturated carbocycles. The van der Waals surface area contributed by atoms with Crippen LogP contribution in [0.4, 0.5) is 5.69 Å². The molecule has 0 fully saturated rings. The summed E-state index contributed by atoms with van der Waals surface area (Å²) < 4.78 is 12.8. The summed E-state index contributed by atoms with van der Waals surface area (Å²) in [7, 11) is 3.35. The second-order valence-electron chi connectivity index (χ2n) is 6.71. The van der Waals surface area contributed by atoms with E-state index in [2.05, 4.69) is 25.7 Å². The summed E-state index contributed by atoms with van der Waals surface area (Å²) in [5.74, 6) is 2.82. The van der Waals surface area contributed by atoms with E-state index in [0.29, 0.717) is 30.6 Å². The SMILES string of the molecule is CCOc1cc(NC(=NC)NCc2ccc(-n3nc(C)cc3C)nc2)ccc1OC.I. The van der Waals surface area contributed by atoms with Crippen molar-refractivity contribution in [3.63, 3.8) is 0 Å². The van der Waals surface area contributed by atoms with E-state index < -0.39 is 0 Å². The number of benzene rings is 1. The number of nitrogens with zero attached hydrogens (tertiary/aromatic N) is 4. The Morgan fingerprint density at radius 1 is 1.13 bits per heavy atom. The lowest BCUT2D eigenvalue weighted by Crippen LogP contribution is -2.30. The number of halogens is 1. The Bertz CT molecular complexity index is 1020. The Kier molecular flexibility index (Phi) is 9.10. The number of aliphatic imine (C=N–C) groups is 1. The molecule has 0 aliphatic heterocycles. The topological polar surface area (TPSA) is 85.6 Å². The summed E-state index contributed by atoms with van der Waals surface area (Å²) in [6.07, 6.45) is 1.84. The molecule has 0 amide bonds. The number of anilines is 1. The van der Waals surface area contributed by atoms with Gasteiger partial charge in [-0.3, -0.25) is 4.99 Å². The number of rotatable bonds is 7. The predicted molar refractivity (Wildman–Crippen MR) is 134 cm³/mol. The highest BCUT2D eigenvalue weighted by molar-refractivity contribution is 14.0. The van der Waals surface area contributed by atoms with Crippen molar-refractivity contribution in [1.82, 2.24) is 20.1 Å². The third kappa shape index (κ3) is 6.33. The number of aryl methyl sites for hydroxylation is 2. The molecule has 0 aliphatic rings. The lowest BCUT2D eigenvalue weighted by atomic mass is 10.2. The average molecular weight is 536 g/mol. The quantitative estimate of drug-likeness (QED) is 0.269. The second kappa shape index (κ2) is 11.5. The molecule has 8 nitrogen and oxygen atoms in total. The Balaban J connectivity index is 0.00000341. The molecule has 0 radical (unpaired) electrons. The molecule has 2 N–H and O–H groups in total. The van der Waals surface area contributed by atoms with Crippen LogP contribution >= 0.6 is 24.0 Å². The fourth-order valence-electron chi connectivity index (χ4n) is 3.03. The van der Waals surface area contributed by atoms with Crippen LogP contribution < -0.4 is 20.1 Å². The van der Waals surface area contributed by atoms with E-state index >= 15 is 0 Å². The van der Waals surface area contributed by atoms with Crippen molar-refractivity contribution in [3.8, 4) is 17.3 Å². The van der Waals surface area contributed by atoms with Crippen LogP contribution in [-0.4, -0.2) is 41.5 Å². The van der Waals surface area contributed by atoms with Gasteiger partial charge < -0.3 is 20.1 Å². The van der Waals surface area contributed by atoms with Gasteiger partial charge in [0.2, 0.25) is 0 Å². The van der Waals surface area contributed by atoms with Gasteiger partial charge in [-0.1, -0.05) is 6.07 Å². The van der Waals surface area contributed by atoms with Crippen LogP contribution in [0, 0.1) is 13.8 Å². The average Bonchev–Trinajstić information content (AvgIpc) is 3.10. The van der Waals surface area contributed by atoms with Crippen LogP contribution in [-0.2, 0) is 6.54 Å². The molecular formula is C22H29IN6O2. The molecule has 1 aromatic carbocycles. The summed E-state index contributed by atoms with van der Waals surface area (Å²) in [4.78, 5) is 8.82. The minimum atomic E-state index is 0. The number of nitrogens with one attached hydrogen (secondary N) is 2. The largest absolute Gasteiger partial charge is 0.493 e. The summed E-state index contributed by atoms with van der Waals surface area (Å²) >= 11 is 0. The van der Waals surface area contributed by atoms with Gasteiger partial charge in [-0.15, -0.1) is 24.0 Å². The first-order valence-electron chi connectivity index (χ1n) is 9.81. The molecule has 9 heteroatoms. The molecule has 0 unspecified atom stereocenters. The zero-order valence-electron chi connectivity index (χ0n) is 18.5. The third-order valence-electron chi connectivity index (χ3n) is 4.45. The van der Waals surface area contributed by atoms with E-state index in [1.807, 2.05) is 68.0 Å². The first kappa shape index (κ1) is 24.4. The normalized spacial score (nSPS) is 10.9. The standard InChI is InChI=1S/C22H28N6O2.HI/c1-6-30-20-12-18(8-9-19(20)29-5)26-22(23-4)25-14-17-7-10-21(24-13-17)28-16(3)11-15(2)27-28;/h7-13H,6,14H2,1-5H3,(H2,23,25,26);1H. The van der Waals surface area contributed by atoms with E-state index in [4.69, 9.17) is 9.47 Å². The molecule has 0 spiro atoms. The molecule has 3 aromatic rings. The molecule has 2 heterocycles. The van der Waals surface area contributed by atoms with Crippen molar-refractivity contribution in [2.24, 2.45) is 4.99 Å². The zero-order valence-corrected chi connectivity index (χ0v) is 20.8. The highest BCUT2D eigenvalue weighted by Gasteiger charge is 2.08. The van der Waals surface area contributed by atoms with Gasteiger partial charge in [-0.05, 0) is 50.6 Å². The summed E-state index contributed by atoms with van der Waals surface area (Å²) in [6.45, 7) is 7.07. The van der Waals surface area contributed by atoms with Gasteiger partial charge in [0.15, 0.2) is 23.3 Å². The first-order chi connectivity index (χ1) is 14.5. The number of ether oxygens (including phenoxy) is 2. The third-order valence-corrected chi connectivity index (χ3v) is 4.45. The lowest BCUT2D eigenvalue weighted by Gasteiger charge is -2.15. The van der Waals surface area contributed by atoms with E-state index in [1.165, 1.54) is 0 Å². The molecule has 0 atom stereocenters. The van der Waals surface area contributed by atoms with Gasteiger partial charge >= 0.3 is 0 Å². The molecule has 0 bridgehead atoms. The van der Waals surface area contributed by atoms with Crippen LogP contribution in [0.2, 0.25) is 0 Å². The van der Waals surface area contributed by atoms with Crippen molar-refractivity contribution >= 4 is 35.6 Å². The first-order valence-corrected chi connectivity index (χ1v) is 9.81. The van der Waals surface area contributed by atoms with E-state index in [9.17, 15) is 0 Å². The van der Waals surface area contributed by atoms with Gasteiger partial charge in [0.25, 0.3) is 0 Å². The maximum atomic E-state index is 5.63. The van der Waals surface area contributed by atoms with Crippen LogP contribution in [0.15, 0.2) is 47.6 Å². The van der Waals surface area contributed by atoms with E-state index in [1.54, 1.807) is 14.2 Å². The monoisotopic (exact) mass is 536 g/mol. The molecule has 3 rings (SSSR count). The van der Waals surface area contributed by atoms with Crippen molar-refractivity contribution in [2.75, 3.05) is 26.1 Å². The maximum absolute atomic E-state index is 5.63. The zero-order chi connectivity index (χ0) is 21.5. The molecule has 2 aromatic heterocycles. The number of guanidine groups is 1. The summed E-state index contributed by atoms with van der Waals surface area (Å²) in [6, 6.07) is 11.7. The molecule has 166 valence electrons.